The van der Waals surface area contributed by atoms with E-state index < -0.39 is 61.6 Å². The Morgan fingerprint density at radius 3 is 1.10 bits per heavy atom. The molecular formula is C83H93N13O15S5. The van der Waals surface area contributed by atoms with Crippen LogP contribution in [0, 0.1) is 12.8 Å². The summed E-state index contributed by atoms with van der Waals surface area (Å²) in [4.78, 5) is 108. The molecule has 0 unspecified atom stereocenters. The van der Waals surface area contributed by atoms with Crippen LogP contribution in [0.3, 0.4) is 0 Å². The maximum absolute atomic E-state index is 13.9. The molecule has 0 bridgehead atoms. The van der Waals surface area contributed by atoms with Gasteiger partial charge in [-0.25, -0.2) is 33.7 Å². The number of nitrogens with one attached hydrogen (secondary N) is 1. The molecule has 116 heavy (non-hydrogen) atoms. The van der Waals surface area contributed by atoms with Crippen LogP contribution in [0.15, 0.2) is 207 Å². The second kappa shape index (κ2) is 34.2. The van der Waals surface area contributed by atoms with Crippen LogP contribution in [0.4, 0.5) is 22.7 Å². The minimum Gasteiger partial charge on any atom is -0.367 e. The molecule has 1 aliphatic carbocycles. The first kappa shape index (κ1) is 83.1. The zero-order valence-electron chi connectivity index (χ0n) is 65.8. The number of para-hydroxylation sites is 4. The van der Waals surface area contributed by atoms with E-state index in [0.29, 0.717) is 152 Å². The zero-order chi connectivity index (χ0) is 82.9. The lowest BCUT2D eigenvalue weighted by atomic mass is 10.1. The van der Waals surface area contributed by atoms with Gasteiger partial charge in [0.1, 0.15) is 5.69 Å². The number of carbonyl (C=O) groups is 3. The number of hydrogen-bond acceptors (Lipinski definition) is 22. The number of thiophene rings is 1. The second-order valence-electron chi connectivity index (χ2n) is 29.7. The number of sulfone groups is 4. The van der Waals surface area contributed by atoms with Crippen molar-refractivity contribution in [3.05, 3.63) is 221 Å². The van der Waals surface area contributed by atoms with Gasteiger partial charge in [-0.2, -0.15) is 0 Å². The first-order valence-electron chi connectivity index (χ1n) is 38.2. The average molecular weight is 1670 g/mol. The van der Waals surface area contributed by atoms with Gasteiger partial charge in [0.2, 0.25) is 15.7 Å². The van der Waals surface area contributed by atoms with Gasteiger partial charge in [0.05, 0.1) is 54.6 Å². The molecule has 0 spiro atoms. The summed E-state index contributed by atoms with van der Waals surface area (Å²) in [7, 11) is -8.83. The highest BCUT2D eigenvalue weighted by atomic mass is 32.2. The Morgan fingerprint density at radius 2 is 0.741 bits per heavy atom. The predicted octanol–water partition coefficient (Wildman–Crippen LogP) is 7.14. The fraction of sp³-hybridized carbons (Fsp3) is 0.349. The predicted molar refractivity (Wildman–Crippen MR) is 453 cm³/mol. The van der Waals surface area contributed by atoms with E-state index in [1.165, 1.54) is 29.6 Å². The molecule has 4 saturated heterocycles. The third-order valence-electron chi connectivity index (χ3n) is 22.1. The number of pyridine rings is 5. The lowest BCUT2D eigenvalue weighted by Gasteiger charge is -2.38. The van der Waals surface area contributed by atoms with Crippen molar-refractivity contribution in [1.82, 2.24) is 43.3 Å². The molecule has 11 aromatic rings. The van der Waals surface area contributed by atoms with E-state index in [4.69, 9.17) is 0 Å². The Bertz CT molecular complexity index is 6360. The molecule has 6 aromatic heterocycles. The lowest BCUT2D eigenvalue weighted by Crippen LogP contribution is -2.51. The number of benzene rings is 5. The van der Waals surface area contributed by atoms with Crippen LogP contribution in [0.5, 0.6) is 0 Å². The van der Waals surface area contributed by atoms with Crippen LogP contribution in [0.1, 0.15) is 51.4 Å². The molecule has 10 heterocycles. The SMILES string of the molecule is Cc1ccc(S(=O)(=O)c2c(N3CCN(C(=O)c4cccs4)CC3)c3ccccc3n(C)c2=O)cc1.Cn1c(=O)c(S(C)(=O)=O)c(N2CCN(C(=O)C3CCCC3)CC2)c2ccccc21.Cn1c(=O)c(S(C)(=O)=O)c(N2CCN(C(=O)c3ccccn3)CC2)c2ccccc21.Cn1c(=O)c(S(C)(=O)=O)c(N2CCNCC2)c2ccccc21. The van der Waals surface area contributed by atoms with Crippen LogP contribution in [-0.4, -0.2) is 213 Å². The molecule has 5 aliphatic rings. The third-order valence-corrected chi connectivity index (χ3v) is 28.1. The Hall–Kier alpha value is -10.8. The van der Waals surface area contributed by atoms with Gasteiger partial charge in [0.25, 0.3) is 34.1 Å². The van der Waals surface area contributed by atoms with Crippen molar-refractivity contribution in [2.75, 3.05) is 143 Å². The second-order valence-corrected chi connectivity index (χ2v) is 38.3. The van der Waals surface area contributed by atoms with Crippen molar-refractivity contribution < 1.29 is 48.1 Å². The quantitative estimate of drug-likeness (QED) is 0.127. The largest absolute Gasteiger partial charge is 0.367 e. The summed E-state index contributed by atoms with van der Waals surface area (Å²) in [6.45, 7) is 10.2. The number of aryl methyl sites for hydroxylation is 5. The van der Waals surface area contributed by atoms with Gasteiger partial charge >= 0.3 is 0 Å². The number of fused-ring (bicyclic) bond motifs is 4. The topological polar surface area (TPSA) is 323 Å². The molecule has 5 aromatic carbocycles. The molecule has 16 rings (SSSR count). The molecule has 33 heteroatoms. The molecule has 610 valence electrons. The molecular weight excluding hydrogens is 1580 g/mol. The minimum absolute atomic E-state index is 0.0269. The van der Waals surface area contributed by atoms with E-state index in [9.17, 15) is 67.2 Å². The Kier molecular flexibility index (Phi) is 24.5. The van der Waals surface area contributed by atoms with Crippen molar-refractivity contribution in [1.29, 1.82) is 0 Å². The Balaban J connectivity index is 0.000000136. The van der Waals surface area contributed by atoms with Crippen LogP contribution in [-0.2, 0) is 72.3 Å². The van der Waals surface area contributed by atoms with Crippen LogP contribution >= 0.6 is 11.3 Å². The fourth-order valence-corrected chi connectivity index (χ4v) is 21.5. The van der Waals surface area contributed by atoms with Gasteiger partial charge in [-0.15, -0.1) is 11.3 Å². The van der Waals surface area contributed by atoms with Crippen LogP contribution in [0.2, 0.25) is 0 Å². The summed E-state index contributed by atoms with van der Waals surface area (Å²) in [5, 5.41) is 8.05. The number of hydrogen-bond donors (Lipinski definition) is 1. The third kappa shape index (κ3) is 16.8. The fourth-order valence-electron chi connectivity index (χ4n) is 16.1. The number of amides is 3. The molecule has 1 saturated carbocycles. The summed E-state index contributed by atoms with van der Waals surface area (Å²) in [5.74, 6) is 0.172. The number of aromatic nitrogens is 5. The van der Waals surface area contributed by atoms with Crippen LogP contribution < -0.4 is 47.2 Å². The van der Waals surface area contributed by atoms with E-state index in [1.807, 2.05) is 134 Å². The zero-order valence-corrected chi connectivity index (χ0v) is 69.9. The maximum Gasteiger partial charge on any atom is 0.272 e. The molecule has 4 aliphatic heterocycles. The van der Waals surface area contributed by atoms with Crippen molar-refractivity contribution in [3.63, 3.8) is 0 Å². The maximum atomic E-state index is 13.9. The number of anilines is 4. The summed E-state index contributed by atoms with van der Waals surface area (Å²) in [5.41, 5.74) is 3.84. The van der Waals surface area contributed by atoms with Crippen molar-refractivity contribution in [2.45, 2.75) is 57.1 Å². The molecule has 0 atom stereocenters. The van der Waals surface area contributed by atoms with Gasteiger partial charge in [-0.05, 0) is 79.7 Å². The van der Waals surface area contributed by atoms with Gasteiger partial charge in [0, 0.05) is 185 Å². The Labute approximate surface area is 676 Å². The van der Waals surface area contributed by atoms with Crippen molar-refractivity contribution in [2.24, 2.45) is 34.1 Å². The molecule has 1 N–H and O–H groups in total. The summed E-state index contributed by atoms with van der Waals surface area (Å²) in [6.07, 6.45) is 9.00. The number of carbonyl (C=O) groups excluding carboxylic acids is 3. The number of rotatable bonds is 12. The monoisotopic (exact) mass is 1670 g/mol. The van der Waals surface area contributed by atoms with Gasteiger partial charge in [-0.1, -0.05) is 115 Å². The van der Waals surface area contributed by atoms with Gasteiger partial charge in [-0.3, -0.25) is 38.5 Å². The minimum atomic E-state index is -4.10. The van der Waals surface area contributed by atoms with Gasteiger partial charge < -0.3 is 57.9 Å². The first-order chi connectivity index (χ1) is 55.3. The number of piperazine rings is 4. The molecule has 0 radical (unpaired) electrons. The lowest BCUT2D eigenvalue weighted by molar-refractivity contribution is -0.135. The van der Waals surface area contributed by atoms with E-state index in [1.54, 1.807) is 98.8 Å². The van der Waals surface area contributed by atoms with E-state index in [0.717, 1.165) is 79.4 Å². The molecule has 3 amide bonds. The highest BCUT2D eigenvalue weighted by molar-refractivity contribution is 7.92. The summed E-state index contributed by atoms with van der Waals surface area (Å²) >= 11 is 1.40. The van der Waals surface area contributed by atoms with Crippen LogP contribution in [0.25, 0.3) is 43.6 Å². The first-order valence-corrected chi connectivity index (χ1v) is 46.2. The Morgan fingerprint density at radius 1 is 0.397 bits per heavy atom. The standard InChI is InChI=1S/C26H25N3O4S2.C21H22N4O4S.C21H27N3O4S.C15H19N3O3S/c1-18-9-11-19(12-10-18)35(32,33)24-23(20-6-3-4-7-21(20)27(2)26(24)31)28-13-15-29(16-14-28)25(30)22-8-5-17-34-22;1-23-17-9-4-3-7-15(17)18(19(21(23)27)30(2,28)29)24-11-13-25(14-12-24)20(26)16-8-5-6-10-22-16;1-22-17-10-6-5-9-16(17)18(19(21(22)26)29(2,27)28)23-11-13-24(14-12-23)20(25)15-7-3-4-8-15;1-17-12-6-4-3-5-11(12)13(18-9-7-16-8-10-18)14(15(17)19)22(2,20)21/h3-12,17H,13-16H2,1-2H3;3-10H,11-14H2,1-2H3;5-6,9-10,15H,3-4,7-8,11-14H2,1-2H3;3-6,16H,7-10H2,1-2H3. The summed E-state index contributed by atoms with van der Waals surface area (Å²) in [6, 6.07) is 44.8. The van der Waals surface area contributed by atoms with E-state index in [-0.39, 0.29) is 48.1 Å². The van der Waals surface area contributed by atoms with Gasteiger partial charge in [0.15, 0.2) is 49.1 Å². The van der Waals surface area contributed by atoms with Crippen molar-refractivity contribution >= 4 is 135 Å². The van der Waals surface area contributed by atoms with E-state index >= 15 is 0 Å². The highest BCUT2D eigenvalue weighted by Crippen LogP contribution is 2.39. The smallest absolute Gasteiger partial charge is 0.272 e. The summed E-state index contributed by atoms with van der Waals surface area (Å²) < 4.78 is 108. The molecule has 5 fully saturated rings. The van der Waals surface area contributed by atoms with E-state index in [2.05, 4.69) is 10.3 Å². The highest BCUT2D eigenvalue weighted by Gasteiger charge is 2.37. The van der Waals surface area contributed by atoms with Crippen molar-refractivity contribution in [3.8, 4) is 0 Å². The number of nitrogens with zero attached hydrogens (tertiary/aromatic N) is 12. The normalized spacial score (nSPS) is 15.9. The average Bonchev–Trinajstić information content (AvgIpc) is 0.948. The molecule has 28 nitrogen and oxygen atoms in total.